The monoisotopic (exact) mass is 533 g/mol. The van der Waals surface area contributed by atoms with Gasteiger partial charge in [-0.05, 0) is 38.3 Å². The highest BCUT2D eigenvalue weighted by Gasteiger charge is 2.42. The van der Waals surface area contributed by atoms with Crippen molar-refractivity contribution in [1.82, 2.24) is 4.57 Å². The highest BCUT2D eigenvalue weighted by atomic mass is 35.5. The number of nitrogens with zero attached hydrogens (tertiary/aromatic N) is 1. The van der Waals surface area contributed by atoms with Crippen molar-refractivity contribution in [3.8, 4) is 22.8 Å². The van der Waals surface area contributed by atoms with Gasteiger partial charge in [0.25, 0.3) is 5.56 Å². The Morgan fingerprint density at radius 1 is 1.16 bits per heavy atom. The van der Waals surface area contributed by atoms with Crippen LogP contribution in [0, 0.1) is 5.41 Å². The van der Waals surface area contributed by atoms with Crippen molar-refractivity contribution < 1.29 is 28.5 Å². The summed E-state index contributed by atoms with van der Waals surface area (Å²) in [6.07, 6.45) is 2.95. The van der Waals surface area contributed by atoms with Crippen LogP contribution in [0.15, 0.2) is 23.0 Å². The fraction of sp³-hybridized carbons (Fsp3) is 0.571. The molecule has 1 aliphatic carbocycles. The van der Waals surface area contributed by atoms with Crippen molar-refractivity contribution in [2.24, 2.45) is 5.41 Å². The van der Waals surface area contributed by atoms with Crippen molar-refractivity contribution in [2.75, 3.05) is 40.6 Å². The van der Waals surface area contributed by atoms with Crippen molar-refractivity contribution in [1.29, 1.82) is 0 Å². The summed E-state index contributed by atoms with van der Waals surface area (Å²) in [4.78, 5) is 26.6. The smallest absolute Gasteiger partial charge is 0.343 e. The Balaban J connectivity index is 1.93. The summed E-state index contributed by atoms with van der Waals surface area (Å²) in [5.74, 6) is 0.448. The minimum absolute atomic E-state index is 0.0157. The van der Waals surface area contributed by atoms with Gasteiger partial charge in [-0.2, -0.15) is 0 Å². The maximum absolute atomic E-state index is 13.8. The van der Waals surface area contributed by atoms with Crippen LogP contribution in [0.4, 0.5) is 0 Å². The summed E-state index contributed by atoms with van der Waals surface area (Å²) in [6.45, 7) is 7.40. The lowest BCUT2D eigenvalue weighted by Gasteiger charge is -2.41. The van der Waals surface area contributed by atoms with Crippen LogP contribution in [-0.2, 0) is 14.2 Å². The topological polar surface area (TPSA) is 85.2 Å². The lowest BCUT2D eigenvalue weighted by Crippen LogP contribution is -2.39. The van der Waals surface area contributed by atoms with E-state index in [1.807, 2.05) is 13.8 Å². The summed E-state index contributed by atoms with van der Waals surface area (Å²) in [7, 11) is 3.29. The minimum atomic E-state index is -0.629. The zero-order valence-corrected chi connectivity index (χ0v) is 23.0. The van der Waals surface area contributed by atoms with Crippen LogP contribution in [0.25, 0.3) is 11.3 Å². The van der Waals surface area contributed by atoms with Crippen LogP contribution in [-0.4, -0.2) is 51.2 Å². The second-order valence-electron chi connectivity index (χ2n) is 10.2. The molecule has 1 fully saturated rings. The summed E-state index contributed by atoms with van der Waals surface area (Å²) in [5, 5.41) is 0.419. The molecule has 202 valence electrons. The molecule has 1 aliphatic heterocycles. The predicted molar refractivity (Wildman–Crippen MR) is 141 cm³/mol. The normalized spacial score (nSPS) is 16.9. The van der Waals surface area contributed by atoms with Gasteiger partial charge in [0.1, 0.15) is 23.2 Å². The van der Waals surface area contributed by atoms with Gasteiger partial charge in [0.15, 0.2) is 0 Å². The molecule has 0 radical (unpaired) electrons. The Morgan fingerprint density at radius 2 is 1.92 bits per heavy atom. The summed E-state index contributed by atoms with van der Waals surface area (Å²) in [6, 6.07) is 5.20. The number of esters is 1. The third-order valence-corrected chi connectivity index (χ3v) is 7.29. The van der Waals surface area contributed by atoms with Crippen molar-refractivity contribution in [3.05, 3.63) is 44.7 Å². The standard InChI is InChI=1S/C28H36ClNO7/c1-6-35-27(32)20-13-19-24(30(26(20)31)17-9-7-10-17)18-14-21(29)23(36-12-8-11-33-4)15-22(18)37-25(19)28(2,3)16-34-5/h13-15,17,25H,6-12,16H2,1-5H3. The van der Waals surface area contributed by atoms with E-state index in [4.69, 9.17) is 35.3 Å². The van der Waals surface area contributed by atoms with Crippen LogP contribution in [0.2, 0.25) is 5.02 Å². The third-order valence-electron chi connectivity index (χ3n) is 6.99. The number of halogens is 1. The van der Waals surface area contributed by atoms with Gasteiger partial charge in [0.05, 0.1) is 30.5 Å². The zero-order chi connectivity index (χ0) is 26.7. The molecule has 0 bridgehead atoms. The molecule has 37 heavy (non-hydrogen) atoms. The molecule has 1 aromatic carbocycles. The molecule has 0 amide bonds. The van der Waals surface area contributed by atoms with Gasteiger partial charge >= 0.3 is 5.97 Å². The van der Waals surface area contributed by atoms with Crippen molar-refractivity contribution in [2.45, 2.75) is 58.6 Å². The molecule has 0 spiro atoms. The van der Waals surface area contributed by atoms with Gasteiger partial charge in [0, 0.05) is 55.9 Å². The SMILES string of the molecule is CCOC(=O)c1cc2c(n(C3CCC3)c1=O)-c1cc(Cl)c(OCCCOC)cc1OC2C(C)(C)COC. The van der Waals surface area contributed by atoms with E-state index in [0.717, 1.165) is 36.9 Å². The zero-order valence-electron chi connectivity index (χ0n) is 22.2. The number of hydrogen-bond acceptors (Lipinski definition) is 7. The first-order chi connectivity index (χ1) is 17.7. The highest BCUT2D eigenvalue weighted by Crippen LogP contribution is 2.52. The summed E-state index contributed by atoms with van der Waals surface area (Å²) >= 11 is 6.67. The lowest BCUT2D eigenvalue weighted by molar-refractivity contribution is 0.00315. The molecule has 2 aromatic rings. The maximum atomic E-state index is 13.8. The van der Waals surface area contributed by atoms with Crippen LogP contribution in [0.5, 0.6) is 11.5 Å². The molecular formula is C28H36ClNO7. The molecule has 9 heteroatoms. The molecule has 1 saturated carbocycles. The van der Waals surface area contributed by atoms with E-state index in [1.165, 1.54) is 0 Å². The fourth-order valence-electron chi connectivity index (χ4n) is 5.02. The van der Waals surface area contributed by atoms with Gasteiger partial charge in [-0.15, -0.1) is 0 Å². The van der Waals surface area contributed by atoms with Crippen LogP contribution < -0.4 is 15.0 Å². The molecule has 2 aliphatic rings. The number of pyridine rings is 1. The number of benzene rings is 1. The third kappa shape index (κ3) is 5.38. The molecular weight excluding hydrogens is 498 g/mol. The Hall–Kier alpha value is -2.55. The van der Waals surface area contributed by atoms with Crippen LogP contribution in [0.3, 0.4) is 0 Å². The van der Waals surface area contributed by atoms with Crippen molar-refractivity contribution >= 4 is 17.6 Å². The summed E-state index contributed by atoms with van der Waals surface area (Å²) < 4.78 is 30.2. The largest absolute Gasteiger partial charge is 0.492 e. The Kier molecular flexibility index (Phi) is 8.51. The first-order valence-corrected chi connectivity index (χ1v) is 13.2. The second kappa shape index (κ2) is 11.5. The van der Waals surface area contributed by atoms with Gasteiger partial charge in [-0.3, -0.25) is 4.79 Å². The van der Waals surface area contributed by atoms with E-state index in [2.05, 4.69) is 0 Å². The lowest BCUT2D eigenvalue weighted by atomic mass is 9.79. The van der Waals surface area contributed by atoms with E-state index < -0.39 is 17.5 Å². The molecule has 2 heterocycles. The average molecular weight is 534 g/mol. The number of aromatic nitrogens is 1. The number of ether oxygens (including phenoxy) is 5. The second-order valence-corrected chi connectivity index (χ2v) is 10.6. The summed E-state index contributed by atoms with van der Waals surface area (Å²) in [5.41, 5.74) is 1.35. The highest BCUT2D eigenvalue weighted by molar-refractivity contribution is 6.32. The van der Waals surface area contributed by atoms with Gasteiger partial charge < -0.3 is 28.3 Å². The number of fused-ring (bicyclic) bond motifs is 3. The number of methoxy groups -OCH3 is 2. The first kappa shape index (κ1) is 27.5. The molecule has 0 saturated heterocycles. The number of hydrogen-bond donors (Lipinski definition) is 0. The number of carbonyl (C=O) groups is 1. The van der Waals surface area contributed by atoms with E-state index in [1.54, 1.807) is 43.9 Å². The molecule has 4 rings (SSSR count). The Bertz CT molecular complexity index is 1200. The van der Waals surface area contributed by atoms with Gasteiger partial charge in [-0.1, -0.05) is 25.4 Å². The molecule has 8 nitrogen and oxygen atoms in total. The Morgan fingerprint density at radius 3 is 2.54 bits per heavy atom. The predicted octanol–water partition coefficient (Wildman–Crippen LogP) is 5.59. The first-order valence-electron chi connectivity index (χ1n) is 12.8. The quantitative estimate of drug-likeness (QED) is 0.275. The van der Waals surface area contributed by atoms with Gasteiger partial charge in [-0.25, -0.2) is 4.79 Å². The van der Waals surface area contributed by atoms with Crippen molar-refractivity contribution in [3.63, 3.8) is 0 Å². The van der Waals surface area contributed by atoms with E-state index >= 15 is 0 Å². The van der Waals surface area contributed by atoms with E-state index in [0.29, 0.717) is 41.9 Å². The minimum Gasteiger partial charge on any atom is -0.492 e. The molecule has 1 unspecified atom stereocenters. The maximum Gasteiger partial charge on any atom is 0.343 e. The molecule has 0 N–H and O–H groups in total. The fourth-order valence-corrected chi connectivity index (χ4v) is 5.24. The Labute approximate surface area is 222 Å². The molecule has 1 aromatic heterocycles. The number of carbonyl (C=O) groups excluding carboxylic acids is 1. The van der Waals surface area contributed by atoms with Gasteiger partial charge in [0.2, 0.25) is 0 Å². The van der Waals surface area contributed by atoms with E-state index in [9.17, 15) is 9.59 Å². The average Bonchev–Trinajstić information content (AvgIpc) is 2.82. The van der Waals surface area contributed by atoms with Crippen LogP contribution in [0.1, 0.15) is 74.5 Å². The van der Waals surface area contributed by atoms with Crippen LogP contribution >= 0.6 is 11.6 Å². The molecule has 1 atom stereocenters. The van der Waals surface area contributed by atoms with E-state index in [-0.39, 0.29) is 23.8 Å². The number of rotatable bonds is 11.